The largest absolute Gasteiger partial charge is 0.363 e. The molecule has 0 spiro atoms. The molecule has 0 amide bonds. The first-order valence-electron chi connectivity index (χ1n) is 3.99. The summed E-state index contributed by atoms with van der Waals surface area (Å²) in [4.78, 5) is 7.96. The molecule has 0 radical (unpaired) electrons. The van der Waals surface area contributed by atoms with Crippen molar-refractivity contribution >= 4 is 21.7 Å². The van der Waals surface area contributed by atoms with Gasteiger partial charge in [-0.15, -0.1) is 0 Å². The zero-order chi connectivity index (χ0) is 9.90. The summed E-state index contributed by atoms with van der Waals surface area (Å²) in [5.74, 6) is 0.769. The van der Waals surface area contributed by atoms with Crippen molar-refractivity contribution < 1.29 is 0 Å². The van der Waals surface area contributed by atoms with E-state index in [1.54, 1.807) is 6.20 Å². The molecule has 4 nitrogen and oxygen atoms in total. The van der Waals surface area contributed by atoms with Crippen LogP contribution in [0.1, 0.15) is 13.8 Å². The normalized spacial score (nSPS) is 11.4. The van der Waals surface area contributed by atoms with E-state index in [4.69, 9.17) is 5.73 Å². The fourth-order valence-corrected chi connectivity index (χ4v) is 1.10. The number of nitrogens with two attached hydrogens (primary N) is 1. The van der Waals surface area contributed by atoms with Crippen LogP contribution in [-0.4, -0.2) is 22.1 Å². The number of hydrogen-bond acceptors (Lipinski definition) is 4. The van der Waals surface area contributed by atoms with E-state index in [1.165, 1.54) is 6.33 Å². The van der Waals surface area contributed by atoms with Gasteiger partial charge in [0.15, 0.2) is 0 Å². The molecule has 72 valence electrons. The van der Waals surface area contributed by atoms with Crippen molar-refractivity contribution in [1.29, 1.82) is 0 Å². The maximum Gasteiger partial charge on any atom is 0.144 e. The number of rotatable bonds is 3. The monoisotopic (exact) mass is 244 g/mol. The Morgan fingerprint density at radius 1 is 1.62 bits per heavy atom. The lowest BCUT2D eigenvalue weighted by atomic mass is 10.1. The minimum absolute atomic E-state index is 0.156. The molecule has 0 bridgehead atoms. The zero-order valence-electron chi connectivity index (χ0n) is 7.71. The molecule has 0 saturated heterocycles. The molecule has 1 heterocycles. The highest BCUT2D eigenvalue weighted by Crippen LogP contribution is 2.20. The summed E-state index contributed by atoms with van der Waals surface area (Å²) in [5, 5.41) is 3.21. The first-order chi connectivity index (χ1) is 6.05. The van der Waals surface area contributed by atoms with E-state index in [9.17, 15) is 0 Å². The third kappa shape index (κ3) is 2.93. The fourth-order valence-electron chi connectivity index (χ4n) is 0.776. The van der Waals surface area contributed by atoms with Crippen LogP contribution in [0, 0.1) is 0 Å². The van der Waals surface area contributed by atoms with Gasteiger partial charge in [-0.25, -0.2) is 9.97 Å². The summed E-state index contributed by atoms with van der Waals surface area (Å²) in [6.45, 7) is 4.58. The predicted molar refractivity (Wildman–Crippen MR) is 56.5 cm³/mol. The van der Waals surface area contributed by atoms with E-state index in [1.807, 2.05) is 13.8 Å². The summed E-state index contributed by atoms with van der Waals surface area (Å²) in [6.07, 6.45) is 3.20. The Balaban J connectivity index is 2.80. The molecule has 5 heteroatoms. The standard InChI is InChI=1S/C8H13BrN4/c1-8(2,4-10)13-7-6(9)3-11-5-12-7/h3,5H,4,10H2,1-2H3,(H,11,12,13). The molecule has 0 fully saturated rings. The second-order valence-corrected chi connectivity index (χ2v) is 4.29. The second kappa shape index (κ2) is 4.02. The van der Waals surface area contributed by atoms with Crippen molar-refractivity contribution in [3.05, 3.63) is 17.0 Å². The summed E-state index contributed by atoms with van der Waals surface area (Å²) in [5.41, 5.74) is 5.43. The van der Waals surface area contributed by atoms with Gasteiger partial charge in [0.1, 0.15) is 12.1 Å². The van der Waals surface area contributed by atoms with Crippen molar-refractivity contribution in [1.82, 2.24) is 9.97 Å². The van der Waals surface area contributed by atoms with Gasteiger partial charge in [0.05, 0.1) is 4.47 Å². The van der Waals surface area contributed by atoms with Gasteiger partial charge < -0.3 is 11.1 Å². The van der Waals surface area contributed by atoms with Crippen molar-refractivity contribution in [3.63, 3.8) is 0 Å². The molecule has 0 aliphatic heterocycles. The third-order valence-corrected chi connectivity index (χ3v) is 2.22. The Kier molecular flexibility index (Phi) is 3.22. The van der Waals surface area contributed by atoms with E-state index in [0.717, 1.165) is 10.3 Å². The Bertz CT molecular complexity index is 287. The maximum absolute atomic E-state index is 5.58. The Morgan fingerprint density at radius 3 is 2.85 bits per heavy atom. The van der Waals surface area contributed by atoms with Gasteiger partial charge in [0, 0.05) is 18.3 Å². The number of aromatic nitrogens is 2. The third-order valence-electron chi connectivity index (χ3n) is 1.63. The highest BCUT2D eigenvalue weighted by Gasteiger charge is 2.16. The lowest BCUT2D eigenvalue weighted by Crippen LogP contribution is -2.39. The minimum atomic E-state index is -0.156. The molecule has 0 aliphatic rings. The van der Waals surface area contributed by atoms with Crippen LogP contribution in [0.15, 0.2) is 17.0 Å². The molecule has 0 atom stereocenters. The predicted octanol–water partition coefficient (Wildman–Crippen LogP) is 1.39. The molecule has 1 aromatic rings. The first-order valence-corrected chi connectivity index (χ1v) is 4.78. The first kappa shape index (κ1) is 10.4. The smallest absolute Gasteiger partial charge is 0.144 e. The molecule has 0 aromatic carbocycles. The van der Waals surface area contributed by atoms with E-state index in [0.29, 0.717) is 6.54 Å². The summed E-state index contributed by atoms with van der Waals surface area (Å²) < 4.78 is 0.844. The van der Waals surface area contributed by atoms with Gasteiger partial charge in [-0.2, -0.15) is 0 Å². The lowest BCUT2D eigenvalue weighted by Gasteiger charge is -2.25. The zero-order valence-corrected chi connectivity index (χ0v) is 9.30. The van der Waals surface area contributed by atoms with E-state index >= 15 is 0 Å². The van der Waals surface area contributed by atoms with Crippen LogP contribution in [0.25, 0.3) is 0 Å². The molecule has 1 aromatic heterocycles. The van der Waals surface area contributed by atoms with E-state index < -0.39 is 0 Å². The molecular weight excluding hydrogens is 232 g/mol. The highest BCUT2D eigenvalue weighted by molar-refractivity contribution is 9.10. The van der Waals surface area contributed by atoms with Gasteiger partial charge in [0.2, 0.25) is 0 Å². The molecule has 3 N–H and O–H groups in total. The summed E-state index contributed by atoms with van der Waals surface area (Å²) in [6, 6.07) is 0. The number of nitrogens with one attached hydrogen (secondary N) is 1. The molecule has 0 aliphatic carbocycles. The van der Waals surface area contributed by atoms with Crippen LogP contribution >= 0.6 is 15.9 Å². The quantitative estimate of drug-likeness (QED) is 0.844. The van der Waals surface area contributed by atoms with Gasteiger partial charge >= 0.3 is 0 Å². The van der Waals surface area contributed by atoms with Crippen LogP contribution in [0.5, 0.6) is 0 Å². The molecule has 0 unspecified atom stereocenters. The number of nitrogens with zero attached hydrogens (tertiary/aromatic N) is 2. The molecule has 1 rings (SSSR count). The van der Waals surface area contributed by atoms with Crippen LogP contribution in [-0.2, 0) is 0 Å². The van der Waals surface area contributed by atoms with Crippen molar-refractivity contribution in [3.8, 4) is 0 Å². The van der Waals surface area contributed by atoms with Crippen LogP contribution < -0.4 is 11.1 Å². The molecule has 13 heavy (non-hydrogen) atoms. The van der Waals surface area contributed by atoms with Crippen molar-refractivity contribution in [2.45, 2.75) is 19.4 Å². The summed E-state index contributed by atoms with van der Waals surface area (Å²) >= 11 is 3.35. The Morgan fingerprint density at radius 2 is 2.31 bits per heavy atom. The number of hydrogen-bond donors (Lipinski definition) is 2. The van der Waals surface area contributed by atoms with Crippen molar-refractivity contribution in [2.75, 3.05) is 11.9 Å². The molecule has 0 saturated carbocycles. The van der Waals surface area contributed by atoms with Gasteiger partial charge in [-0.3, -0.25) is 0 Å². The van der Waals surface area contributed by atoms with E-state index in [2.05, 4.69) is 31.2 Å². The lowest BCUT2D eigenvalue weighted by molar-refractivity contribution is 0.576. The average Bonchev–Trinajstić information content (AvgIpc) is 2.09. The van der Waals surface area contributed by atoms with E-state index in [-0.39, 0.29) is 5.54 Å². The van der Waals surface area contributed by atoms with Gasteiger partial charge in [-0.1, -0.05) is 0 Å². The minimum Gasteiger partial charge on any atom is -0.363 e. The van der Waals surface area contributed by atoms with Crippen LogP contribution in [0.2, 0.25) is 0 Å². The Hall–Kier alpha value is -0.680. The Labute approximate surface area is 86.1 Å². The van der Waals surface area contributed by atoms with Gasteiger partial charge in [-0.05, 0) is 29.8 Å². The summed E-state index contributed by atoms with van der Waals surface area (Å²) in [7, 11) is 0. The fraction of sp³-hybridized carbons (Fsp3) is 0.500. The second-order valence-electron chi connectivity index (χ2n) is 3.43. The van der Waals surface area contributed by atoms with Crippen molar-refractivity contribution in [2.24, 2.45) is 5.73 Å². The average molecular weight is 245 g/mol. The number of halogens is 1. The number of anilines is 1. The SMILES string of the molecule is CC(C)(CN)Nc1ncncc1Br. The van der Waals surface area contributed by atoms with Gasteiger partial charge in [0.25, 0.3) is 0 Å². The molecular formula is C8H13BrN4. The topological polar surface area (TPSA) is 63.8 Å². The maximum atomic E-state index is 5.58. The van der Waals surface area contributed by atoms with Crippen LogP contribution in [0.3, 0.4) is 0 Å². The van der Waals surface area contributed by atoms with Crippen LogP contribution in [0.4, 0.5) is 5.82 Å². The highest BCUT2D eigenvalue weighted by atomic mass is 79.9.